The Balaban J connectivity index is 2.40. The Morgan fingerprint density at radius 2 is 1.88 bits per heavy atom. The van der Waals surface area contributed by atoms with Crippen molar-refractivity contribution in [3.63, 3.8) is 0 Å². The molecule has 0 N–H and O–H groups in total. The van der Waals surface area contributed by atoms with Gasteiger partial charge in [-0.1, -0.05) is 23.2 Å². The number of halogens is 3. The van der Waals surface area contributed by atoms with Crippen molar-refractivity contribution in [2.24, 2.45) is 0 Å². The van der Waals surface area contributed by atoms with Crippen LogP contribution in [0, 0.1) is 5.82 Å². The van der Waals surface area contributed by atoms with Crippen LogP contribution in [-0.2, 0) is 12.8 Å². The molecule has 1 aliphatic carbocycles. The predicted molar refractivity (Wildman–Crippen MR) is 68.4 cm³/mol. The third kappa shape index (κ3) is 1.80. The van der Waals surface area contributed by atoms with Gasteiger partial charge >= 0.3 is 0 Å². The Hall–Kier alpha value is -0.860. The highest BCUT2D eigenvalue weighted by molar-refractivity contribution is 6.42. The zero-order valence-corrected chi connectivity index (χ0v) is 10.6. The van der Waals surface area contributed by atoms with E-state index < -0.39 is 0 Å². The second-order valence-electron chi connectivity index (χ2n) is 4.34. The lowest BCUT2D eigenvalue weighted by Gasteiger charge is -2.18. The molecule has 1 aliphatic rings. The van der Waals surface area contributed by atoms with Gasteiger partial charge in [-0.25, -0.2) is 4.39 Å². The average molecular weight is 270 g/mol. The van der Waals surface area contributed by atoms with Gasteiger partial charge in [-0.2, -0.15) is 0 Å². The number of fused-ring (bicyclic) bond motifs is 2. The van der Waals surface area contributed by atoms with Gasteiger partial charge in [0, 0.05) is 17.1 Å². The zero-order chi connectivity index (χ0) is 12.0. The minimum Gasteiger partial charge on any atom is -0.252 e. The largest absolute Gasteiger partial charge is 0.252 e. The van der Waals surface area contributed by atoms with E-state index in [0.29, 0.717) is 20.9 Å². The number of pyridine rings is 1. The average Bonchev–Trinajstić information content (AvgIpc) is 2.28. The van der Waals surface area contributed by atoms with Crippen LogP contribution in [0.3, 0.4) is 0 Å². The molecule has 0 saturated heterocycles. The molecule has 0 radical (unpaired) electrons. The topological polar surface area (TPSA) is 12.9 Å². The normalized spacial score (nSPS) is 15.0. The van der Waals surface area contributed by atoms with Gasteiger partial charge in [-0.3, -0.25) is 4.98 Å². The fraction of sp³-hybridized carbons (Fsp3) is 0.308. The SMILES string of the molecule is Fc1cc(Cl)c2c(Cl)c3c(nc2c1)CCCC3. The molecule has 1 nitrogen and oxygen atoms in total. The molecule has 0 saturated carbocycles. The maximum Gasteiger partial charge on any atom is 0.126 e. The monoisotopic (exact) mass is 269 g/mol. The van der Waals surface area contributed by atoms with Gasteiger partial charge in [0.15, 0.2) is 0 Å². The van der Waals surface area contributed by atoms with Crippen molar-refractivity contribution in [3.8, 4) is 0 Å². The van der Waals surface area contributed by atoms with Gasteiger partial charge in [-0.15, -0.1) is 0 Å². The Labute approximate surface area is 109 Å². The molecule has 88 valence electrons. The van der Waals surface area contributed by atoms with E-state index in [4.69, 9.17) is 23.2 Å². The van der Waals surface area contributed by atoms with Crippen molar-refractivity contribution in [1.82, 2.24) is 4.98 Å². The van der Waals surface area contributed by atoms with Crippen LogP contribution in [0.2, 0.25) is 10.0 Å². The number of aromatic nitrogens is 1. The fourth-order valence-electron chi connectivity index (χ4n) is 2.41. The smallest absolute Gasteiger partial charge is 0.126 e. The molecule has 0 bridgehead atoms. The molecule has 1 heterocycles. The summed E-state index contributed by atoms with van der Waals surface area (Å²) >= 11 is 12.4. The third-order valence-corrected chi connectivity index (χ3v) is 3.93. The van der Waals surface area contributed by atoms with Crippen LogP contribution in [0.15, 0.2) is 12.1 Å². The van der Waals surface area contributed by atoms with Crippen LogP contribution in [0.25, 0.3) is 10.9 Å². The summed E-state index contributed by atoms with van der Waals surface area (Å²) in [5.41, 5.74) is 2.63. The number of benzene rings is 1. The van der Waals surface area contributed by atoms with E-state index in [2.05, 4.69) is 4.98 Å². The third-order valence-electron chi connectivity index (χ3n) is 3.21. The molecule has 2 aromatic rings. The van der Waals surface area contributed by atoms with Gasteiger partial charge < -0.3 is 0 Å². The van der Waals surface area contributed by atoms with Gasteiger partial charge in [0.2, 0.25) is 0 Å². The molecular weight excluding hydrogens is 260 g/mol. The first-order valence-electron chi connectivity index (χ1n) is 5.63. The van der Waals surface area contributed by atoms with Crippen molar-refractivity contribution in [2.75, 3.05) is 0 Å². The van der Waals surface area contributed by atoms with Gasteiger partial charge in [0.05, 0.1) is 15.6 Å². The maximum absolute atomic E-state index is 13.3. The standard InChI is InChI=1S/C13H10Cl2FN/c14-9-5-7(16)6-11-12(9)13(15)8-3-1-2-4-10(8)17-11/h5-6H,1-4H2. The molecule has 1 aromatic heterocycles. The first-order valence-corrected chi connectivity index (χ1v) is 6.38. The molecule has 3 rings (SSSR count). The van der Waals surface area contributed by atoms with E-state index in [0.717, 1.165) is 36.9 Å². The fourth-order valence-corrected chi connectivity index (χ4v) is 3.16. The summed E-state index contributed by atoms with van der Waals surface area (Å²) in [4.78, 5) is 4.49. The van der Waals surface area contributed by atoms with Crippen molar-refractivity contribution in [1.29, 1.82) is 0 Å². The molecule has 17 heavy (non-hydrogen) atoms. The maximum atomic E-state index is 13.3. The number of rotatable bonds is 0. The van der Waals surface area contributed by atoms with Crippen LogP contribution < -0.4 is 0 Å². The molecule has 0 unspecified atom stereocenters. The van der Waals surface area contributed by atoms with E-state index in [1.165, 1.54) is 12.1 Å². The Morgan fingerprint density at radius 1 is 1.12 bits per heavy atom. The first kappa shape index (κ1) is 11.2. The number of hydrogen-bond donors (Lipinski definition) is 0. The predicted octanol–water partition coefficient (Wildman–Crippen LogP) is 4.56. The molecule has 0 amide bonds. The Morgan fingerprint density at radius 3 is 2.71 bits per heavy atom. The van der Waals surface area contributed by atoms with Crippen LogP contribution in [-0.4, -0.2) is 4.98 Å². The molecule has 0 fully saturated rings. The van der Waals surface area contributed by atoms with Crippen LogP contribution in [0.4, 0.5) is 4.39 Å². The molecule has 0 aliphatic heterocycles. The summed E-state index contributed by atoms with van der Waals surface area (Å²) in [5.74, 6) is -0.373. The summed E-state index contributed by atoms with van der Waals surface area (Å²) in [6.45, 7) is 0. The van der Waals surface area contributed by atoms with E-state index in [1.54, 1.807) is 0 Å². The summed E-state index contributed by atoms with van der Waals surface area (Å²) in [5, 5.41) is 1.66. The summed E-state index contributed by atoms with van der Waals surface area (Å²) < 4.78 is 13.3. The van der Waals surface area contributed by atoms with Gasteiger partial charge in [-0.05, 0) is 37.3 Å². The van der Waals surface area contributed by atoms with E-state index in [1.807, 2.05) is 0 Å². The van der Waals surface area contributed by atoms with E-state index in [9.17, 15) is 4.39 Å². The van der Waals surface area contributed by atoms with Crippen LogP contribution >= 0.6 is 23.2 Å². The number of hydrogen-bond acceptors (Lipinski definition) is 1. The minimum atomic E-state index is -0.373. The van der Waals surface area contributed by atoms with Crippen LogP contribution in [0.1, 0.15) is 24.1 Å². The number of aryl methyl sites for hydroxylation is 1. The van der Waals surface area contributed by atoms with E-state index in [-0.39, 0.29) is 5.82 Å². The second kappa shape index (κ2) is 4.11. The summed E-state index contributed by atoms with van der Waals surface area (Å²) in [7, 11) is 0. The summed E-state index contributed by atoms with van der Waals surface area (Å²) in [6.07, 6.45) is 4.09. The lowest BCUT2D eigenvalue weighted by atomic mass is 9.94. The van der Waals surface area contributed by atoms with E-state index >= 15 is 0 Å². The second-order valence-corrected chi connectivity index (χ2v) is 5.13. The van der Waals surface area contributed by atoms with Crippen molar-refractivity contribution >= 4 is 34.1 Å². The highest BCUT2D eigenvalue weighted by Gasteiger charge is 2.18. The van der Waals surface area contributed by atoms with Crippen molar-refractivity contribution < 1.29 is 4.39 Å². The van der Waals surface area contributed by atoms with Crippen molar-refractivity contribution in [2.45, 2.75) is 25.7 Å². The van der Waals surface area contributed by atoms with Gasteiger partial charge in [0.1, 0.15) is 5.82 Å². The molecule has 4 heteroatoms. The molecular formula is C13H10Cl2FN. The van der Waals surface area contributed by atoms with Crippen LogP contribution in [0.5, 0.6) is 0 Å². The van der Waals surface area contributed by atoms with Crippen molar-refractivity contribution in [3.05, 3.63) is 39.3 Å². The lowest BCUT2D eigenvalue weighted by molar-refractivity contribution is 0.629. The van der Waals surface area contributed by atoms with Gasteiger partial charge in [0.25, 0.3) is 0 Å². The Kier molecular flexibility index (Phi) is 2.72. The molecule has 0 spiro atoms. The number of nitrogens with zero attached hydrogens (tertiary/aromatic N) is 1. The zero-order valence-electron chi connectivity index (χ0n) is 9.06. The first-order chi connectivity index (χ1) is 8.16. The highest BCUT2D eigenvalue weighted by Crippen LogP contribution is 2.36. The molecule has 0 atom stereocenters. The Bertz CT molecular complexity index is 610. The lowest BCUT2D eigenvalue weighted by Crippen LogP contribution is -2.06. The summed E-state index contributed by atoms with van der Waals surface area (Å²) in [6, 6.07) is 2.68. The molecule has 1 aromatic carbocycles. The minimum absolute atomic E-state index is 0.339. The highest BCUT2D eigenvalue weighted by atomic mass is 35.5. The quantitative estimate of drug-likeness (QED) is 0.683.